The Balaban J connectivity index is 2.66. The fraction of sp³-hybridized carbons (Fsp3) is 0.533. The van der Waals surface area contributed by atoms with Crippen LogP contribution >= 0.6 is 0 Å². The predicted molar refractivity (Wildman–Crippen MR) is 77.1 cm³/mol. The van der Waals surface area contributed by atoms with Crippen LogP contribution in [0.3, 0.4) is 0 Å². The van der Waals surface area contributed by atoms with Gasteiger partial charge >= 0.3 is 0 Å². The Bertz CT molecular complexity index is 442. The molecule has 1 amide bonds. The van der Waals surface area contributed by atoms with Crippen LogP contribution in [0.15, 0.2) is 18.2 Å². The van der Waals surface area contributed by atoms with Crippen molar-refractivity contribution in [2.24, 2.45) is 5.73 Å². The van der Waals surface area contributed by atoms with Crippen molar-refractivity contribution in [3.05, 3.63) is 29.3 Å². The van der Waals surface area contributed by atoms with Gasteiger partial charge in [0.25, 0.3) is 0 Å². The topological polar surface area (TPSA) is 64.4 Å². The predicted octanol–water partition coefficient (Wildman–Crippen LogP) is 2.14. The number of hydrogen-bond donors (Lipinski definition) is 2. The number of hydrogen-bond acceptors (Lipinski definition) is 3. The maximum absolute atomic E-state index is 12.0. The van der Waals surface area contributed by atoms with Crippen LogP contribution in [0, 0.1) is 6.92 Å². The molecule has 4 heteroatoms. The van der Waals surface area contributed by atoms with Crippen molar-refractivity contribution in [3.63, 3.8) is 0 Å². The van der Waals surface area contributed by atoms with Gasteiger partial charge in [-0.3, -0.25) is 4.79 Å². The van der Waals surface area contributed by atoms with E-state index in [1.165, 1.54) is 0 Å². The van der Waals surface area contributed by atoms with Crippen LogP contribution in [0.5, 0.6) is 5.75 Å². The molecule has 0 fully saturated rings. The quantitative estimate of drug-likeness (QED) is 0.827. The third-order valence-electron chi connectivity index (χ3n) is 3.09. The second-order valence-corrected chi connectivity index (χ2v) is 5.21. The van der Waals surface area contributed by atoms with Crippen molar-refractivity contribution < 1.29 is 9.53 Å². The van der Waals surface area contributed by atoms with E-state index in [9.17, 15) is 4.79 Å². The third kappa shape index (κ3) is 4.56. The Morgan fingerprint density at radius 1 is 1.42 bits per heavy atom. The van der Waals surface area contributed by atoms with Gasteiger partial charge in [0.05, 0.1) is 12.6 Å². The second-order valence-electron chi connectivity index (χ2n) is 5.21. The molecule has 0 aliphatic heterocycles. The standard InChI is InChI=1S/C15H24N2O2/c1-5-6-15(3,16)14(18)17-10-12-7-11(2)8-13(9-12)19-4/h7-9H,5-6,10,16H2,1-4H3,(H,17,18). The van der Waals surface area contributed by atoms with Crippen LogP contribution in [-0.4, -0.2) is 18.6 Å². The summed E-state index contributed by atoms with van der Waals surface area (Å²) in [5.74, 6) is 0.683. The maximum Gasteiger partial charge on any atom is 0.240 e. The van der Waals surface area contributed by atoms with Gasteiger partial charge in [0.1, 0.15) is 5.75 Å². The van der Waals surface area contributed by atoms with E-state index in [1.807, 2.05) is 32.0 Å². The summed E-state index contributed by atoms with van der Waals surface area (Å²) in [4.78, 5) is 12.0. The van der Waals surface area contributed by atoms with Crippen molar-refractivity contribution in [1.82, 2.24) is 5.32 Å². The largest absolute Gasteiger partial charge is 0.497 e. The molecule has 0 aliphatic rings. The molecule has 0 radical (unpaired) electrons. The van der Waals surface area contributed by atoms with Gasteiger partial charge in [-0.25, -0.2) is 0 Å². The van der Waals surface area contributed by atoms with E-state index in [2.05, 4.69) is 5.32 Å². The van der Waals surface area contributed by atoms with Gasteiger partial charge in [-0.05, 0) is 43.5 Å². The van der Waals surface area contributed by atoms with Gasteiger partial charge in [-0.15, -0.1) is 0 Å². The molecular weight excluding hydrogens is 240 g/mol. The Kier molecular flexibility index (Phi) is 5.36. The molecule has 0 heterocycles. The number of carbonyl (C=O) groups is 1. The molecule has 19 heavy (non-hydrogen) atoms. The lowest BCUT2D eigenvalue weighted by atomic mass is 9.96. The molecule has 0 saturated heterocycles. The van der Waals surface area contributed by atoms with Crippen LogP contribution < -0.4 is 15.8 Å². The molecule has 1 unspecified atom stereocenters. The number of amides is 1. The first-order valence-electron chi connectivity index (χ1n) is 6.60. The van der Waals surface area contributed by atoms with Gasteiger partial charge in [0.15, 0.2) is 0 Å². The van der Waals surface area contributed by atoms with E-state index < -0.39 is 5.54 Å². The number of ether oxygens (including phenoxy) is 1. The highest BCUT2D eigenvalue weighted by atomic mass is 16.5. The first-order chi connectivity index (χ1) is 8.89. The van der Waals surface area contributed by atoms with Gasteiger partial charge in [-0.1, -0.05) is 19.4 Å². The molecule has 3 N–H and O–H groups in total. The molecule has 106 valence electrons. The van der Waals surface area contributed by atoms with Crippen LogP contribution in [0.4, 0.5) is 0 Å². The maximum atomic E-state index is 12.0. The van der Waals surface area contributed by atoms with Crippen molar-refractivity contribution in [3.8, 4) is 5.75 Å². The molecule has 0 spiro atoms. The number of nitrogens with two attached hydrogens (primary N) is 1. The highest BCUT2D eigenvalue weighted by Crippen LogP contribution is 2.16. The highest BCUT2D eigenvalue weighted by Gasteiger charge is 2.26. The van der Waals surface area contributed by atoms with Gasteiger partial charge in [-0.2, -0.15) is 0 Å². The Morgan fingerprint density at radius 2 is 2.11 bits per heavy atom. The van der Waals surface area contributed by atoms with Crippen molar-refractivity contribution in [1.29, 1.82) is 0 Å². The zero-order valence-electron chi connectivity index (χ0n) is 12.2. The Morgan fingerprint density at radius 3 is 2.68 bits per heavy atom. The Labute approximate surface area is 115 Å². The fourth-order valence-corrected chi connectivity index (χ4v) is 2.06. The molecule has 1 aromatic rings. The lowest BCUT2D eigenvalue weighted by Gasteiger charge is -2.23. The van der Waals surface area contributed by atoms with Gasteiger partial charge < -0.3 is 15.8 Å². The molecule has 4 nitrogen and oxygen atoms in total. The first kappa shape index (κ1) is 15.5. The Hall–Kier alpha value is -1.55. The second kappa shape index (κ2) is 6.57. The van der Waals surface area contributed by atoms with Crippen LogP contribution in [0.25, 0.3) is 0 Å². The minimum absolute atomic E-state index is 0.116. The zero-order chi connectivity index (χ0) is 14.5. The number of methoxy groups -OCH3 is 1. The third-order valence-corrected chi connectivity index (χ3v) is 3.09. The van der Waals surface area contributed by atoms with E-state index in [0.717, 1.165) is 23.3 Å². The molecular formula is C15H24N2O2. The monoisotopic (exact) mass is 264 g/mol. The highest BCUT2D eigenvalue weighted by molar-refractivity contribution is 5.85. The van der Waals surface area contributed by atoms with Crippen molar-refractivity contribution in [2.75, 3.05) is 7.11 Å². The minimum atomic E-state index is -0.803. The van der Waals surface area contributed by atoms with E-state index >= 15 is 0 Å². The summed E-state index contributed by atoms with van der Waals surface area (Å²) >= 11 is 0. The number of aryl methyl sites for hydroxylation is 1. The van der Waals surface area contributed by atoms with E-state index in [-0.39, 0.29) is 5.91 Å². The van der Waals surface area contributed by atoms with Crippen molar-refractivity contribution in [2.45, 2.75) is 45.7 Å². The van der Waals surface area contributed by atoms with Crippen LogP contribution in [0.1, 0.15) is 37.8 Å². The lowest BCUT2D eigenvalue weighted by molar-refractivity contribution is -0.126. The van der Waals surface area contributed by atoms with E-state index in [1.54, 1.807) is 14.0 Å². The summed E-state index contributed by atoms with van der Waals surface area (Å²) in [6, 6.07) is 5.90. The summed E-state index contributed by atoms with van der Waals surface area (Å²) in [6.07, 6.45) is 1.56. The summed E-state index contributed by atoms with van der Waals surface area (Å²) < 4.78 is 5.21. The average molecular weight is 264 g/mol. The molecule has 1 rings (SSSR count). The smallest absolute Gasteiger partial charge is 0.240 e. The van der Waals surface area contributed by atoms with Gasteiger partial charge in [0.2, 0.25) is 5.91 Å². The normalized spacial score (nSPS) is 13.7. The van der Waals surface area contributed by atoms with Crippen LogP contribution in [0.2, 0.25) is 0 Å². The molecule has 0 bridgehead atoms. The van der Waals surface area contributed by atoms with Gasteiger partial charge in [0, 0.05) is 6.54 Å². The average Bonchev–Trinajstić information content (AvgIpc) is 2.35. The summed E-state index contributed by atoms with van der Waals surface area (Å²) in [7, 11) is 1.63. The first-order valence-corrected chi connectivity index (χ1v) is 6.60. The lowest BCUT2D eigenvalue weighted by Crippen LogP contribution is -2.51. The summed E-state index contributed by atoms with van der Waals surface area (Å²) in [6.45, 7) is 6.25. The van der Waals surface area contributed by atoms with E-state index in [4.69, 9.17) is 10.5 Å². The van der Waals surface area contributed by atoms with E-state index in [0.29, 0.717) is 13.0 Å². The number of rotatable bonds is 6. The molecule has 1 atom stereocenters. The fourth-order valence-electron chi connectivity index (χ4n) is 2.06. The molecule has 0 aliphatic carbocycles. The van der Waals surface area contributed by atoms with Crippen LogP contribution in [-0.2, 0) is 11.3 Å². The minimum Gasteiger partial charge on any atom is -0.497 e. The molecule has 0 saturated carbocycles. The summed E-state index contributed by atoms with van der Waals surface area (Å²) in [5.41, 5.74) is 7.30. The zero-order valence-corrected chi connectivity index (χ0v) is 12.2. The molecule has 0 aromatic heterocycles. The SMILES string of the molecule is CCCC(C)(N)C(=O)NCc1cc(C)cc(OC)c1. The summed E-state index contributed by atoms with van der Waals surface area (Å²) in [5, 5.41) is 2.88. The van der Waals surface area contributed by atoms with Crippen molar-refractivity contribution >= 4 is 5.91 Å². The number of benzene rings is 1. The number of nitrogens with one attached hydrogen (secondary N) is 1. The number of carbonyl (C=O) groups excluding carboxylic acids is 1. The molecule has 1 aromatic carbocycles.